The fourth-order valence-electron chi connectivity index (χ4n) is 2.09. The van der Waals surface area contributed by atoms with Crippen molar-refractivity contribution in [2.75, 3.05) is 26.2 Å². The smallest absolute Gasteiger partial charge is 0.244 e. The lowest BCUT2D eigenvalue weighted by atomic mass is 10.2. The summed E-state index contributed by atoms with van der Waals surface area (Å²) in [6, 6.07) is 0.0687. The summed E-state index contributed by atoms with van der Waals surface area (Å²) in [5, 5.41) is 6.98. The van der Waals surface area contributed by atoms with Gasteiger partial charge in [0.25, 0.3) is 0 Å². The topological polar surface area (TPSA) is 96.3 Å². The minimum Gasteiger partial charge on any atom is -0.336 e. The van der Waals surface area contributed by atoms with E-state index in [9.17, 15) is 13.2 Å². The molecule has 0 saturated carbocycles. The zero-order chi connectivity index (χ0) is 14.8. The van der Waals surface area contributed by atoms with Crippen LogP contribution in [0.15, 0.2) is 17.3 Å². The predicted molar refractivity (Wildman–Crippen MR) is 79.7 cm³/mol. The van der Waals surface area contributed by atoms with Crippen LogP contribution < -0.4 is 10.0 Å². The third-order valence-corrected chi connectivity index (χ3v) is 4.58. The molecule has 1 aromatic heterocycles. The number of carbonyl (C=O) groups is 1. The average Bonchev–Trinajstić information content (AvgIpc) is 2.84. The van der Waals surface area contributed by atoms with Crippen LogP contribution in [0.25, 0.3) is 0 Å². The van der Waals surface area contributed by atoms with E-state index in [4.69, 9.17) is 0 Å². The number of hydrogen-bond acceptors (Lipinski definition) is 5. The summed E-state index contributed by atoms with van der Waals surface area (Å²) in [7, 11) is -2.06. The number of amides is 1. The Hall–Kier alpha value is -1.16. The Morgan fingerprint density at radius 1 is 1.57 bits per heavy atom. The molecule has 0 unspecified atom stereocenters. The maximum absolute atomic E-state index is 12.0. The SMILES string of the molecule is C[C@H]1CNCCN1C(=O)CNS(=O)(=O)c1cnn(C)c1.Cl. The lowest BCUT2D eigenvalue weighted by molar-refractivity contribution is -0.132. The number of aryl methyl sites for hydroxylation is 1. The summed E-state index contributed by atoms with van der Waals surface area (Å²) in [4.78, 5) is 13.8. The van der Waals surface area contributed by atoms with Gasteiger partial charge in [-0.2, -0.15) is 5.10 Å². The van der Waals surface area contributed by atoms with Gasteiger partial charge in [-0.3, -0.25) is 9.48 Å². The monoisotopic (exact) mass is 337 g/mol. The molecular formula is C11H20ClN5O3S. The molecule has 21 heavy (non-hydrogen) atoms. The molecule has 1 atom stereocenters. The van der Waals surface area contributed by atoms with Crippen LogP contribution in [0.2, 0.25) is 0 Å². The van der Waals surface area contributed by atoms with Crippen LogP contribution in [0.1, 0.15) is 6.92 Å². The molecule has 0 aromatic carbocycles. The molecule has 0 radical (unpaired) electrons. The van der Waals surface area contributed by atoms with Crippen LogP contribution in [0.3, 0.4) is 0 Å². The molecule has 8 nitrogen and oxygen atoms in total. The molecule has 1 aromatic rings. The summed E-state index contributed by atoms with van der Waals surface area (Å²) in [5.41, 5.74) is 0. The molecule has 120 valence electrons. The number of carbonyl (C=O) groups excluding carboxylic acids is 1. The number of piperazine rings is 1. The van der Waals surface area contributed by atoms with Crippen molar-refractivity contribution in [1.29, 1.82) is 0 Å². The summed E-state index contributed by atoms with van der Waals surface area (Å²) in [6.07, 6.45) is 2.64. The third-order valence-electron chi connectivity index (χ3n) is 3.23. The van der Waals surface area contributed by atoms with Crippen molar-refractivity contribution < 1.29 is 13.2 Å². The molecule has 0 spiro atoms. The first kappa shape index (κ1) is 17.9. The van der Waals surface area contributed by atoms with Crippen LogP contribution in [-0.4, -0.2) is 61.2 Å². The van der Waals surface area contributed by atoms with Gasteiger partial charge in [-0.1, -0.05) is 0 Å². The molecule has 2 N–H and O–H groups in total. The van der Waals surface area contributed by atoms with E-state index in [1.165, 1.54) is 17.1 Å². The lowest BCUT2D eigenvalue weighted by Crippen LogP contribution is -2.54. The fraction of sp³-hybridized carbons (Fsp3) is 0.636. The van der Waals surface area contributed by atoms with Crippen molar-refractivity contribution in [3.8, 4) is 0 Å². The van der Waals surface area contributed by atoms with E-state index in [-0.39, 0.29) is 35.8 Å². The van der Waals surface area contributed by atoms with Gasteiger partial charge < -0.3 is 10.2 Å². The number of aromatic nitrogens is 2. The molecule has 0 aliphatic carbocycles. The molecule has 2 rings (SSSR count). The number of halogens is 1. The Bertz CT molecular complexity index is 588. The van der Waals surface area contributed by atoms with E-state index in [0.29, 0.717) is 6.54 Å². The maximum Gasteiger partial charge on any atom is 0.244 e. The van der Waals surface area contributed by atoms with E-state index in [2.05, 4.69) is 15.1 Å². The first-order valence-corrected chi connectivity index (χ1v) is 7.87. The number of nitrogens with one attached hydrogen (secondary N) is 2. The molecule has 1 saturated heterocycles. The van der Waals surface area contributed by atoms with Gasteiger partial charge in [0, 0.05) is 38.9 Å². The first-order chi connectivity index (χ1) is 9.40. The van der Waals surface area contributed by atoms with Crippen LogP contribution in [0, 0.1) is 0 Å². The molecule has 1 amide bonds. The molecular weight excluding hydrogens is 318 g/mol. The quantitative estimate of drug-likeness (QED) is 0.730. The van der Waals surface area contributed by atoms with Crippen molar-refractivity contribution in [1.82, 2.24) is 24.7 Å². The molecule has 1 fully saturated rings. The zero-order valence-corrected chi connectivity index (χ0v) is 13.6. The maximum atomic E-state index is 12.0. The lowest BCUT2D eigenvalue weighted by Gasteiger charge is -2.34. The average molecular weight is 338 g/mol. The normalized spacial score (nSPS) is 19.1. The van der Waals surface area contributed by atoms with E-state index in [1.54, 1.807) is 11.9 Å². The highest BCUT2D eigenvalue weighted by Gasteiger charge is 2.24. The van der Waals surface area contributed by atoms with Crippen LogP contribution in [-0.2, 0) is 21.9 Å². The van der Waals surface area contributed by atoms with Gasteiger partial charge in [-0.05, 0) is 6.92 Å². The van der Waals surface area contributed by atoms with E-state index in [1.807, 2.05) is 6.92 Å². The van der Waals surface area contributed by atoms with E-state index < -0.39 is 10.0 Å². The molecule has 1 aliphatic rings. The summed E-state index contributed by atoms with van der Waals surface area (Å²) in [5.74, 6) is -0.216. The second kappa shape index (κ2) is 7.21. The summed E-state index contributed by atoms with van der Waals surface area (Å²) < 4.78 is 27.6. The van der Waals surface area contributed by atoms with Gasteiger partial charge in [0.2, 0.25) is 15.9 Å². The second-order valence-corrected chi connectivity index (χ2v) is 6.58. The largest absolute Gasteiger partial charge is 0.336 e. The summed E-state index contributed by atoms with van der Waals surface area (Å²) >= 11 is 0. The van der Waals surface area contributed by atoms with Crippen LogP contribution >= 0.6 is 12.4 Å². The van der Waals surface area contributed by atoms with Gasteiger partial charge >= 0.3 is 0 Å². The van der Waals surface area contributed by atoms with Gasteiger partial charge in [0.15, 0.2) is 0 Å². The minimum atomic E-state index is -3.69. The van der Waals surface area contributed by atoms with Crippen molar-refractivity contribution in [3.63, 3.8) is 0 Å². The highest BCUT2D eigenvalue weighted by atomic mass is 35.5. The zero-order valence-electron chi connectivity index (χ0n) is 11.9. The van der Waals surface area contributed by atoms with Gasteiger partial charge in [-0.15, -0.1) is 12.4 Å². The highest BCUT2D eigenvalue weighted by Crippen LogP contribution is 2.07. The van der Waals surface area contributed by atoms with E-state index in [0.717, 1.165) is 13.1 Å². The molecule has 0 bridgehead atoms. The number of hydrogen-bond donors (Lipinski definition) is 2. The third kappa shape index (κ3) is 4.40. The Kier molecular flexibility index (Phi) is 6.14. The minimum absolute atomic E-state index is 0. The van der Waals surface area contributed by atoms with Crippen LogP contribution in [0.4, 0.5) is 0 Å². The first-order valence-electron chi connectivity index (χ1n) is 6.38. The molecule has 2 heterocycles. The molecule has 10 heteroatoms. The van der Waals surface area contributed by atoms with Crippen LogP contribution in [0.5, 0.6) is 0 Å². The standard InChI is InChI=1S/C11H19N5O3S.ClH/c1-9-5-12-3-4-16(9)11(17)7-14-20(18,19)10-6-13-15(2)8-10;/h6,8-9,12,14H,3-5,7H2,1-2H3;1H/t9-;/m0./s1. The highest BCUT2D eigenvalue weighted by molar-refractivity contribution is 7.89. The van der Waals surface area contributed by atoms with Crippen molar-refractivity contribution in [2.24, 2.45) is 7.05 Å². The Morgan fingerprint density at radius 3 is 2.86 bits per heavy atom. The Labute approximate surface area is 130 Å². The number of sulfonamides is 1. The van der Waals surface area contributed by atoms with Gasteiger partial charge in [0.1, 0.15) is 4.90 Å². The number of rotatable bonds is 4. The number of nitrogens with zero attached hydrogens (tertiary/aromatic N) is 3. The fourth-order valence-corrected chi connectivity index (χ4v) is 3.05. The predicted octanol–water partition coefficient (Wildman–Crippen LogP) is -1.06. The van der Waals surface area contributed by atoms with Crippen molar-refractivity contribution in [3.05, 3.63) is 12.4 Å². The van der Waals surface area contributed by atoms with Gasteiger partial charge in [-0.25, -0.2) is 13.1 Å². The van der Waals surface area contributed by atoms with Crippen molar-refractivity contribution in [2.45, 2.75) is 17.9 Å². The Balaban J connectivity index is 0.00000220. The summed E-state index contributed by atoms with van der Waals surface area (Å²) in [6.45, 7) is 3.74. The molecule has 1 aliphatic heterocycles. The second-order valence-electron chi connectivity index (χ2n) is 4.81. The Morgan fingerprint density at radius 2 is 2.29 bits per heavy atom. The van der Waals surface area contributed by atoms with Gasteiger partial charge in [0.05, 0.1) is 12.7 Å². The van der Waals surface area contributed by atoms with Crippen molar-refractivity contribution >= 4 is 28.3 Å². The van der Waals surface area contributed by atoms with E-state index >= 15 is 0 Å².